The second-order valence-electron chi connectivity index (χ2n) is 5.00. The molecule has 19 heavy (non-hydrogen) atoms. The molecule has 104 valence electrons. The van der Waals surface area contributed by atoms with Crippen molar-refractivity contribution in [2.75, 3.05) is 31.1 Å². The summed E-state index contributed by atoms with van der Waals surface area (Å²) in [6.45, 7) is 6.04. The third-order valence-corrected chi connectivity index (χ3v) is 3.30. The Kier molecular flexibility index (Phi) is 4.07. The smallest absolute Gasteiger partial charge is 0.252 e. The van der Waals surface area contributed by atoms with Crippen molar-refractivity contribution in [3.05, 3.63) is 24.3 Å². The minimum Gasteiger partial charge on any atom is -0.508 e. The summed E-state index contributed by atoms with van der Waals surface area (Å²) in [5.74, 6) is 0.0565. The first-order valence-electron chi connectivity index (χ1n) is 6.48. The van der Waals surface area contributed by atoms with Gasteiger partial charge in [0.2, 0.25) is 0 Å². The highest BCUT2D eigenvalue weighted by Crippen LogP contribution is 2.21. The molecule has 2 N–H and O–H groups in total. The maximum Gasteiger partial charge on any atom is 0.252 e. The summed E-state index contributed by atoms with van der Waals surface area (Å²) in [6.07, 6.45) is 0. The molecule has 1 heterocycles. The fraction of sp³-hybridized carbons (Fsp3) is 0.500. The Morgan fingerprint density at radius 3 is 2.79 bits per heavy atom. The molecule has 1 amide bonds. The fourth-order valence-electron chi connectivity index (χ4n) is 2.06. The van der Waals surface area contributed by atoms with Crippen molar-refractivity contribution in [3.8, 4) is 5.75 Å². The zero-order valence-electron chi connectivity index (χ0n) is 11.3. The van der Waals surface area contributed by atoms with Gasteiger partial charge in [0.15, 0.2) is 0 Å². The minimum absolute atomic E-state index is 0.0572. The van der Waals surface area contributed by atoms with Crippen molar-refractivity contribution in [2.45, 2.75) is 19.4 Å². The number of anilines is 1. The summed E-state index contributed by atoms with van der Waals surface area (Å²) < 4.78 is 5.65. The molecule has 1 aliphatic heterocycles. The second-order valence-corrected chi connectivity index (χ2v) is 5.00. The van der Waals surface area contributed by atoms with Gasteiger partial charge in [0.1, 0.15) is 12.4 Å². The molecule has 0 atom stereocenters. The monoisotopic (exact) mass is 264 g/mol. The molecule has 0 unspecified atom stereocenters. The Bertz CT molecular complexity index is 458. The van der Waals surface area contributed by atoms with Gasteiger partial charge in [0.25, 0.3) is 5.91 Å². The number of amides is 1. The van der Waals surface area contributed by atoms with Crippen molar-refractivity contribution < 1.29 is 14.6 Å². The maximum absolute atomic E-state index is 12.2. The van der Waals surface area contributed by atoms with Crippen LogP contribution >= 0.6 is 0 Å². The lowest BCUT2D eigenvalue weighted by Gasteiger charge is -2.39. The van der Waals surface area contributed by atoms with Crippen LogP contribution < -0.4 is 10.2 Å². The molecule has 1 aromatic carbocycles. The largest absolute Gasteiger partial charge is 0.508 e. The number of hydrogen-bond donors (Lipinski definition) is 2. The molecule has 0 radical (unpaired) electrons. The molecule has 0 aromatic heterocycles. The van der Waals surface area contributed by atoms with Crippen LogP contribution in [0.4, 0.5) is 5.69 Å². The van der Waals surface area contributed by atoms with Crippen LogP contribution in [-0.4, -0.2) is 42.9 Å². The first kappa shape index (κ1) is 13.8. The third-order valence-electron chi connectivity index (χ3n) is 3.30. The zero-order valence-corrected chi connectivity index (χ0v) is 11.3. The van der Waals surface area contributed by atoms with E-state index in [2.05, 4.69) is 5.32 Å². The number of nitrogens with zero attached hydrogens (tertiary/aromatic N) is 1. The van der Waals surface area contributed by atoms with E-state index in [4.69, 9.17) is 4.74 Å². The number of likely N-dealkylation sites (N-methyl/N-ethyl adjacent to an activating group) is 1. The number of rotatable bonds is 5. The summed E-state index contributed by atoms with van der Waals surface area (Å²) in [4.78, 5) is 13.8. The van der Waals surface area contributed by atoms with Gasteiger partial charge >= 0.3 is 0 Å². The van der Waals surface area contributed by atoms with Crippen LogP contribution in [-0.2, 0) is 9.53 Å². The number of aromatic hydroxyl groups is 1. The minimum atomic E-state index is -0.228. The molecule has 1 aliphatic rings. The molecule has 2 rings (SSSR count). The van der Waals surface area contributed by atoms with Gasteiger partial charge < -0.3 is 20.1 Å². The number of ether oxygens (including phenoxy) is 1. The zero-order chi connectivity index (χ0) is 13.9. The quantitative estimate of drug-likeness (QED) is 0.836. The van der Waals surface area contributed by atoms with Crippen LogP contribution in [0.1, 0.15) is 13.8 Å². The molecule has 1 saturated heterocycles. The molecular weight excluding hydrogens is 244 g/mol. The Morgan fingerprint density at radius 2 is 2.26 bits per heavy atom. The van der Waals surface area contributed by atoms with E-state index in [9.17, 15) is 9.90 Å². The van der Waals surface area contributed by atoms with Gasteiger partial charge in [-0.05, 0) is 26.0 Å². The molecule has 5 heteroatoms. The van der Waals surface area contributed by atoms with E-state index in [1.165, 1.54) is 0 Å². The van der Waals surface area contributed by atoms with Gasteiger partial charge in [0, 0.05) is 31.4 Å². The highest BCUT2D eigenvalue weighted by molar-refractivity contribution is 5.94. The fourth-order valence-corrected chi connectivity index (χ4v) is 2.06. The van der Waals surface area contributed by atoms with Gasteiger partial charge in [0.05, 0.1) is 5.60 Å². The van der Waals surface area contributed by atoms with Gasteiger partial charge in [-0.3, -0.25) is 4.79 Å². The third kappa shape index (κ3) is 3.24. The molecule has 1 fully saturated rings. The number of hydrogen-bond acceptors (Lipinski definition) is 4. The lowest BCUT2D eigenvalue weighted by Crippen LogP contribution is -2.59. The van der Waals surface area contributed by atoms with E-state index >= 15 is 0 Å². The van der Waals surface area contributed by atoms with Crippen LogP contribution in [0.15, 0.2) is 24.3 Å². The van der Waals surface area contributed by atoms with Crippen LogP contribution in [0.3, 0.4) is 0 Å². The summed E-state index contributed by atoms with van der Waals surface area (Å²) in [5.41, 5.74) is 0.460. The SMILES string of the molecule is CCN(C(=O)COC1(C)CNC1)c1cccc(O)c1. The Labute approximate surface area is 113 Å². The number of phenols is 1. The molecule has 0 saturated carbocycles. The number of nitrogens with one attached hydrogen (secondary N) is 1. The highest BCUT2D eigenvalue weighted by atomic mass is 16.5. The molecule has 0 aliphatic carbocycles. The summed E-state index contributed by atoms with van der Waals surface area (Å²) in [7, 11) is 0. The number of phenolic OH excluding ortho intramolecular Hbond substituents is 1. The first-order valence-corrected chi connectivity index (χ1v) is 6.48. The van der Waals surface area contributed by atoms with Gasteiger partial charge in [-0.25, -0.2) is 0 Å². The second kappa shape index (κ2) is 5.59. The molecular formula is C14H20N2O3. The Morgan fingerprint density at radius 1 is 1.53 bits per heavy atom. The molecule has 0 spiro atoms. The summed E-state index contributed by atoms with van der Waals surface area (Å²) >= 11 is 0. The lowest BCUT2D eigenvalue weighted by molar-refractivity contribution is -0.133. The van der Waals surface area contributed by atoms with E-state index in [1.807, 2.05) is 13.8 Å². The Hall–Kier alpha value is -1.59. The topological polar surface area (TPSA) is 61.8 Å². The molecule has 5 nitrogen and oxygen atoms in total. The van der Waals surface area contributed by atoms with Crippen LogP contribution in [0, 0.1) is 0 Å². The van der Waals surface area contributed by atoms with Gasteiger partial charge in [-0.2, -0.15) is 0 Å². The highest BCUT2D eigenvalue weighted by Gasteiger charge is 2.33. The van der Waals surface area contributed by atoms with Crippen molar-refractivity contribution in [1.82, 2.24) is 5.32 Å². The van der Waals surface area contributed by atoms with Crippen molar-refractivity contribution >= 4 is 11.6 Å². The molecule has 0 bridgehead atoms. The van der Waals surface area contributed by atoms with E-state index in [0.717, 1.165) is 13.1 Å². The van der Waals surface area contributed by atoms with Crippen LogP contribution in [0.2, 0.25) is 0 Å². The van der Waals surface area contributed by atoms with E-state index < -0.39 is 0 Å². The normalized spacial score (nSPS) is 16.7. The number of carbonyl (C=O) groups is 1. The predicted octanol–water partition coefficient (Wildman–Crippen LogP) is 1.12. The maximum atomic E-state index is 12.2. The number of carbonyl (C=O) groups excluding carboxylic acids is 1. The average molecular weight is 264 g/mol. The van der Waals surface area contributed by atoms with Crippen molar-refractivity contribution in [2.24, 2.45) is 0 Å². The van der Waals surface area contributed by atoms with Gasteiger partial charge in [-0.1, -0.05) is 6.07 Å². The first-order chi connectivity index (χ1) is 9.04. The molecule has 1 aromatic rings. The van der Waals surface area contributed by atoms with E-state index in [0.29, 0.717) is 12.2 Å². The predicted molar refractivity (Wildman–Crippen MR) is 73.4 cm³/mol. The van der Waals surface area contributed by atoms with Crippen molar-refractivity contribution in [1.29, 1.82) is 0 Å². The average Bonchev–Trinajstić information content (AvgIpc) is 2.35. The van der Waals surface area contributed by atoms with Crippen LogP contribution in [0.25, 0.3) is 0 Å². The standard InChI is InChI=1S/C14H20N2O3/c1-3-16(11-5-4-6-12(17)7-11)13(18)8-19-14(2)9-15-10-14/h4-7,15,17H,3,8-10H2,1-2H3. The number of benzene rings is 1. The van der Waals surface area contributed by atoms with Crippen LogP contribution in [0.5, 0.6) is 5.75 Å². The summed E-state index contributed by atoms with van der Waals surface area (Å²) in [5, 5.41) is 12.6. The Balaban J connectivity index is 1.98. The van der Waals surface area contributed by atoms with Crippen molar-refractivity contribution in [3.63, 3.8) is 0 Å². The lowest BCUT2D eigenvalue weighted by atomic mass is 10.0. The van der Waals surface area contributed by atoms with E-state index in [1.54, 1.807) is 29.2 Å². The van der Waals surface area contributed by atoms with Gasteiger partial charge in [-0.15, -0.1) is 0 Å². The van der Waals surface area contributed by atoms with E-state index in [-0.39, 0.29) is 23.9 Å². The summed E-state index contributed by atoms with van der Waals surface area (Å²) in [6, 6.07) is 6.68.